The van der Waals surface area contributed by atoms with Crippen molar-refractivity contribution in [1.29, 1.82) is 0 Å². The van der Waals surface area contributed by atoms with Gasteiger partial charge in [0, 0.05) is 19.3 Å². The molecular weight excluding hydrogens is 164 g/mol. The van der Waals surface area contributed by atoms with Crippen molar-refractivity contribution >= 4 is 5.69 Å². The Kier molecular flexibility index (Phi) is 1.19. The molecule has 0 unspecified atom stereocenters. The molecule has 1 spiro atoms. The summed E-state index contributed by atoms with van der Waals surface area (Å²) >= 11 is 0. The highest BCUT2D eigenvalue weighted by molar-refractivity contribution is 5.56. The van der Waals surface area contributed by atoms with Gasteiger partial charge in [0.15, 0.2) is 0 Å². The first-order valence-corrected chi connectivity index (χ1v) is 4.55. The van der Waals surface area contributed by atoms with Gasteiger partial charge >= 0.3 is 0 Å². The molecule has 2 aliphatic rings. The van der Waals surface area contributed by atoms with Crippen LogP contribution in [-0.4, -0.2) is 24.2 Å². The maximum absolute atomic E-state index is 5.83. The van der Waals surface area contributed by atoms with E-state index in [9.17, 15) is 0 Å². The number of likely N-dealkylation sites (N-methyl/N-ethyl adjacent to an activating group) is 1. The summed E-state index contributed by atoms with van der Waals surface area (Å²) in [4.78, 5) is 6.39. The lowest BCUT2D eigenvalue weighted by molar-refractivity contribution is 0.165. The number of rotatable bonds is 0. The van der Waals surface area contributed by atoms with Gasteiger partial charge in [0.25, 0.3) is 0 Å². The number of fused-ring (bicyclic) bond motifs is 1. The van der Waals surface area contributed by atoms with E-state index in [-0.39, 0.29) is 5.60 Å². The van der Waals surface area contributed by atoms with Crippen LogP contribution in [0.3, 0.4) is 0 Å². The van der Waals surface area contributed by atoms with Gasteiger partial charge in [-0.25, -0.2) is 4.98 Å². The lowest BCUT2D eigenvalue weighted by Crippen LogP contribution is -2.39. The molecule has 0 saturated heterocycles. The molecule has 1 saturated carbocycles. The van der Waals surface area contributed by atoms with Crippen LogP contribution in [0.25, 0.3) is 0 Å². The highest BCUT2D eigenvalue weighted by Gasteiger charge is 2.49. The standard InChI is InChI=1S/C10H11N2O/c1-12-7-10(4-5-10)13-9-8(12)3-2-6-11-9/h3,6H,4-5,7H2,1H3. The van der Waals surface area contributed by atoms with E-state index >= 15 is 0 Å². The minimum absolute atomic E-state index is 0.0934. The molecule has 13 heavy (non-hydrogen) atoms. The van der Waals surface area contributed by atoms with E-state index in [2.05, 4.69) is 23.0 Å². The molecule has 1 fully saturated rings. The Balaban J connectivity index is 2.05. The quantitative estimate of drug-likeness (QED) is 0.593. The Hall–Kier alpha value is -1.25. The summed E-state index contributed by atoms with van der Waals surface area (Å²) in [6.45, 7) is 0.986. The molecule has 2 heterocycles. The molecule has 1 aromatic rings. The molecule has 0 atom stereocenters. The third kappa shape index (κ3) is 0.996. The van der Waals surface area contributed by atoms with Crippen LogP contribution in [0.1, 0.15) is 12.8 Å². The van der Waals surface area contributed by atoms with Gasteiger partial charge in [-0.1, -0.05) is 0 Å². The topological polar surface area (TPSA) is 25.4 Å². The van der Waals surface area contributed by atoms with Gasteiger partial charge in [-0.2, -0.15) is 0 Å². The number of aromatic nitrogens is 1. The number of pyridine rings is 1. The van der Waals surface area contributed by atoms with Crippen LogP contribution in [0.15, 0.2) is 12.3 Å². The van der Waals surface area contributed by atoms with Crippen LogP contribution in [0, 0.1) is 6.07 Å². The summed E-state index contributed by atoms with van der Waals surface area (Å²) in [5, 5.41) is 0. The first-order valence-electron chi connectivity index (χ1n) is 4.55. The number of anilines is 1. The van der Waals surface area contributed by atoms with Gasteiger partial charge in [-0.3, -0.25) is 0 Å². The highest BCUT2D eigenvalue weighted by atomic mass is 16.5. The van der Waals surface area contributed by atoms with Crippen LogP contribution in [0.2, 0.25) is 0 Å². The fraction of sp³-hybridized carbons (Fsp3) is 0.500. The van der Waals surface area contributed by atoms with Crippen molar-refractivity contribution in [2.75, 3.05) is 18.5 Å². The van der Waals surface area contributed by atoms with Crippen molar-refractivity contribution in [2.24, 2.45) is 0 Å². The SMILES string of the molecule is CN1CC2(CC2)Oc2nc[c]cc21. The van der Waals surface area contributed by atoms with Crippen LogP contribution in [-0.2, 0) is 0 Å². The number of hydrogen-bond donors (Lipinski definition) is 0. The fourth-order valence-electron chi connectivity index (χ4n) is 1.85. The molecular formula is C10H11N2O. The zero-order valence-corrected chi connectivity index (χ0v) is 7.58. The van der Waals surface area contributed by atoms with Crippen molar-refractivity contribution in [2.45, 2.75) is 18.4 Å². The summed E-state index contributed by atoms with van der Waals surface area (Å²) < 4.78 is 5.83. The van der Waals surface area contributed by atoms with Crippen molar-refractivity contribution in [3.05, 3.63) is 18.3 Å². The van der Waals surface area contributed by atoms with Crippen molar-refractivity contribution in [3.8, 4) is 5.88 Å². The summed E-state index contributed by atoms with van der Waals surface area (Å²) in [7, 11) is 2.08. The molecule has 67 valence electrons. The van der Waals surface area contributed by atoms with Gasteiger partial charge in [0.2, 0.25) is 5.88 Å². The average molecular weight is 175 g/mol. The van der Waals surface area contributed by atoms with Crippen LogP contribution in [0.4, 0.5) is 5.69 Å². The minimum atomic E-state index is 0.0934. The second kappa shape index (κ2) is 2.16. The Bertz CT molecular complexity index is 347. The predicted octanol–water partition coefficient (Wildman–Crippen LogP) is 1.24. The Morgan fingerprint density at radius 1 is 1.62 bits per heavy atom. The predicted molar refractivity (Wildman–Crippen MR) is 48.9 cm³/mol. The van der Waals surface area contributed by atoms with E-state index in [0.29, 0.717) is 0 Å². The summed E-state index contributed by atoms with van der Waals surface area (Å²) in [6.07, 6.45) is 3.99. The smallest absolute Gasteiger partial charge is 0.238 e. The van der Waals surface area contributed by atoms with Crippen LogP contribution < -0.4 is 9.64 Å². The highest BCUT2D eigenvalue weighted by Crippen LogP contribution is 2.46. The molecule has 1 aromatic heterocycles. The lowest BCUT2D eigenvalue weighted by Gasteiger charge is -2.32. The number of ether oxygens (including phenoxy) is 1. The lowest BCUT2D eigenvalue weighted by atomic mass is 10.2. The molecule has 1 aliphatic carbocycles. The second-order valence-corrected chi connectivity index (χ2v) is 3.90. The number of nitrogens with zero attached hydrogens (tertiary/aromatic N) is 2. The zero-order chi connectivity index (χ0) is 8.89. The van der Waals surface area contributed by atoms with Gasteiger partial charge in [-0.05, 0) is 18.9 Å². The van der Waals surface area contributed by atoms with E-state index in [1.807, 2.05) is 6.07 Å². The Morgan fingerprint density at radius 3 is 3.23 bits per heavy atom. The Labute approximate surface area is 77.3 Å². The van der Waals surface area contributed by atoms with Crippen molar-refractivity contribution in [1.82, 2.24) is 4.98 Å². The largest absolute Gasteiger partial charge is 0.468 e. The third-order valence-electron chi connectivity index (χ3n) is 2.75. The summed E-state index contributed by atoms with van der Waals surface area (Å²) in [5.74, 6) is 0.769. The second-order valence-electron chi connectivity index (χ2n) is 3.90. The Morgan fingerprint density at radius 2 is 2.46 bits per heavy atom. The van der Waals surface area contributed by atoms with E-state index in [1.165, 1.54) is 0 Å². The summed E-state index contributed by atoms with van der Waals surface area (Å²) in [5.41, 5.74) is 1.15. The maximum Gasteiger partial charge on any atom is 0.238 e. The fourth-order valence-corrected chi connectivity index (χ4v) is 1.85. The van der Waals surface area contributed by atoms with E-state index in [1.54, 1.807) is 6.20 Å². The number of hydrogen-bond acceptors (Lipinski definition) is 3. The molecule has 0 bridgehead atoms. The maximum atomic E-state index is 5.83. The monoisotopic (exact) mass is 175 g/mol. The van der Waals surface area contributed by atoms with Gasteiger partial charge in [-0.15, -0.1) is 0 Å². The van der Waals surface area contributed by atoms with E-state index in [4.69, 9.17) is 4.74 Å². The first-order chi connectivity index (χ1) is 6.29. The van der Waals surface area contributed by atoms with Gasteiger partial charge in [0.1, 0.15) is 11.3 Å². The van der Waals surface area contributed by atoms with E-state index in [0.717, 1.165) is 31.0 Å². The molecule has 3 nitrogen and oxygen atoms in total. The van der Waals surface area contributed by atoms with E-state index < -0.39 is 0 Å². The van der Waals surface area contributed by atoms with Crippen LogP contribution >= 0.6 is 0 Å². The normalized spacial score (nSPS) is 22.4. The molecule has 1 radical (unpaired) electrons. The molecule has 0 N–H and O–H groups in total. The van der Waals surface area contributed by atoms with Gasteiger partial charge < -0.3 is 9.64 Å². The molecule has 0 amide bonds. The molecule has 1 aliphatic heterocycles. The first kappa shape index (κ1) is 7.18. The molecule has 0 aromatic carbocycles. The summed E-state index contributed by atoms with van der Waals surface area (Å²) in [6, 6.07) is 4.89. The third-order valence-corrected chi connectivity index (χ3v) is 2.75. The van der Waals surface area contributed by atoms with Gasteiger partial charge in [0.05, 0.1) is 6.54 Å². The van der Waals surface area contributed by atoms with Crippen LogP contribution in [0.5, 0.6) is 5.88 Å². The molecule has 3 heteroatoms. The van der Waals surface area contributed by atoms with Crippen molar-refractivity contribution < 1.29 is 4.74 Å². The zero-order valence-electron chi connectivity index (χ0n) is 7.58. The average Bonchev–Trinajstić information content (AvgIpc) is 2.85. The molecule has 3 rings (SSSR count). The van der Waals surface area contributed by atoms with Crippen molar-refractivity contribution in [3.63, 3.8) is 0 Å². The minimum Gasteiger partial charge on any atom is -0.468 e.